The van der Waals surface area contributed by atoms with Crippen molar-refractivity contribution in [3.63, 3.8) is 0 Å². The number of hydrogen-bond donors (Lipinski definition) is 1. The highest BCUT2D eigenvalue weighted by Gasteiger charge is 2.20. The SMILES string of the molecule is CC(C)[C@@H](C)NC(=O)c1cc(-c2ccc(F)cc2)nn1-c1ccc(F)cc1. The Morgan fingerprint density at radius 1 is 0.963 bits per heavy atom. The van der Waals surface area contributed by atoms with E-state index in [1.807, 2.05) is 20.8 Å². The van der Waals surface area contributed by atoms with Crippen molar-refractivity contribution in [2.24, 2.45) is 5.92 Å². The second-order valence-electron chi connectivity index (χ2n) is 6.82. The zero-order chi connectivity index (χ0) is 19.6. The minimum Gasteiger partial charge on any atom is -0.348 e. The lowest BCUT2D eigenvalue weighted by atomic mass is 10.1. The van der Waals surface area contributed by atoms with Gasteiger partial charge in [0.05, 0.1) is 11.4 Å². The predicted molar refractivity (Wildman–Crippen MR) is 101 cm³/mol. The zero-order valence-electron chi connectivity index (χ0n) is 15.4. The number of carbonyl (C=O) groups is 1. The lowest BCUT2D eigenvalue weighted by molar-refractivity contribution is 0.0922. The van der Waals surface area contributed by atoms with Crippen LogP contribution in [0.1, 0.15) is 31.3 Å². The van der Waals surface area contributed by atoms with Gasteiger partial charge < -0.3 is 5.32 Å². The molecule has 0 saturated heterocycles. The van der Waals surface area contributed by atoms with Gasteiger partial charge in [0.1, 0.15) is 17.3 Å². The first-order valence-corrected chi connectivity index (χ1v) is 8.78. The van der Waals surface area contributed by atoms with Crippen LogP contribution in [0.25, 0.3) is 16.9 Å². The zero-order valence-corrected chi connectivity index (χ0v) is 15.4. The van der Waals surface area contributed by atoms with Crippen LogP contribution in [0, 0.1) is 17.6 Å². The Hall–Kier alpha value is -3.02. The third kappa shape index (κ3) is 4.22. The highest BCUT2D eigenvalue weighted by molar-refractivity contribution is 5.94. The van der Waals surface area contributed by atoms with Crippen LogP contribution in [0.2, 0.25) is 0 Å². The number of aromatic nitrogens is 2. The number of nitrogens with one attached hydrogen (secondary N) is 1. The van der Waals surface area contributed by atoms with E-state index in [0.29, 0.717) is 22.6 Å². The molecule has 3 rings (SSSR count). The maximum absolute atomic E-state index is 13.3. The molecule has 0 unspecified atom stereocenters. The smallest absolute Gasteiger partial charge is 0.270 e. The standard InChI is InChI=1S/C21H21F2N3O/c1-13(2)14(3)24-21(27)20-12-19(15-4-6-16(22)7-5-15)25-26(20)18-10-8-17(23)9-11-18/h4-14H,1-3H3,(H,24,27)/t14-/m1/s1. The molecule has 0 saturated carbocycles. The van der Waals surface area contributed by atoms with Crippen molar-refractivity contribution in [2.45, 2.75) is 26.8 Å². The molecular weight excluding hydrogens is 348 g/mol. The maximum atomic E-state index is 13.3. The lowest BCUT2D eigenvalue weighted by Gasteiger charge is -2.17. The molecule has 0 aliphatic heterocycles. The van der Waals surface area contributed by atoms with Crippen molar-refractivity contribution in [3.8, 4) is 16.9 Å². The summed E-state index contributed by atoms with van der Waals surface area (Å²) >= 11 is 0. The molecule has 0 fully saturated rings. The monoisotopic (exact) mass is 369 g/mol. The molecule has 0 aliphatic rings. The van der Waals surface area contributed by atoms with E-state index < -0.39 is 0 Å². The highest BCUT2D eigenvalue weighted by atomic mass is 19.1. The van der Waals surface area contributed by atoms with E-state index in [4.69, 9.17) is 0 Å². The van der Waals surface area contributed by atoms with Crippen LogP contribution in [0.3, 0.4) is 0 Å². The van der Waals surface area contributed by atoms with E-state index in [1.54, 1.807) is 30.3 Å². The molecule has 1 N–H and O–H groups in total. The molecule has 0 radical (unpaired) electrons. The first-order valence-electron chi connectivity index (χ1n) is 8.78. The van der Waals surface area contributed by atoms with E-state index in [0.717, 1.165) is 0 Å². The number of amides is 1. The van der Waals surface area contributed by atoms with E-state index in [-0.39, 0.29) is 29.5 Å². The normalized spacial score (nSPS) is 12.2. The summed E-state index contributed by atoms with van der Waals surface area (Å²) in [6.45, 7) is 5.97. The van der Waals surface area contributed by atoms with Crippen LogP contribution in [-0.4, -0.2) is 21.7 Å². The van der Waals surface area contributed by atoms with Crippen LogP contribution >= 0.6 is 0 Å². The summed E-state index contributed by atoms with van der Waals surface area (Å²) in [5, 5.41) is 7.45. The molecule has 27 heavy (non-hydrogen) atoms. The Bertz CT molecular complexity index is 931. The molecule has 0 bridgehead atoms. The van der Waals surface area contributed by atoms with E-state index in [9.17, 15) is 13.6 Å². The quantitative estimate of drug-likeness (QED) is 0.715. The van der Waals surface area contributed by atoms with Crippen LogP contribution in [0.5, 0.6) is 0 Å². The highest BCUT2D eigenvalue weighted by Crippen LogP contribution is 2.22. The first-order chi connectivity index (χ1) is 12.8. The third-order valence-electron chi connectivity index (χ3n) is 4.51. The summed E-state index contributed by atoms with van der Waals surface area (Å²) in [6, 6.07) is 13.2. The molecule has 6 heteroatoms. The van der Waals surface area contributed by atoms with Crippen LogP contribution in [0.4, 0.5) is 8.78 Å². The lowest BCUT2D eigenvalue weighted by Crippen LogP contribution is -2.37. The van der Waals surface area contributed by atoms with Gasteiger partial charge in [0, 0.05) is 11.6 Å². The van der Waals surface area contributed by atoms with Crippen molar-refractivity contribution < 1.29 is 13.6 Å². The summed E-state index contributed by atoms with van der Waals surface area (Å²) in [6.07, 6.45) is 0. The Morgan fingerprint density at radius 2 is 1.52 bits per heavy atom. The summed E-state index contributed by atoms with van der Waals surface area (Å²) < 4.78 is 28.0. The Labute approximate surface area is 156 Å². The first kappa shape index (κ1) is 18.8. The van der Waals surface area contributed by atoms with Gasteiger partial charge >= 0.3 is 0 Å². The minimum absolute atomic E-state index is 0.0247. The average Bonchev–Trinajstić information content (AvgIpc) is 3.08. The molecule has 3 aromatic rings. The number of rotatable bonds is 5. The predicted octanol–water partition coefficient (Wildman–Crippen LogP) is 4.59. The Balaban J connectivity index is 2.04. The summed E-state index contributed by atoms with van der Waals surface area (Å²) in [4.78, 5) is 12.8. The second kappa shape index (κ2) is 7.70. The van der Waals surface area contributed by atoms with Crippen molar-refractivity contribution in [1.82, 2.24) is 15.1 Å². The van der Waals surface area contributed by atoms with Gasteiger partial charge in [-0.15, -0.1) is 0 Å². The van der Waals surface area contributed by atoms with Gasteiger partial charge in [0.2, 0.25) is 0 Å². The molecule has 0 aliphatic carbocycles. The molecule has 1 aromatic heterocycles. The molecule has 1 atom stereocenters. The molecule has 140 valence electrons. The van der Waals surface area contributed by atoms with Gasteiger partial charge in [-0.2, -0.15) is 5.10 Å². The fraction of sp³-hybridized carbons (Fsp3) is 0.238. The number of carbonyl (C=O) groups excluding carboxylic acids is 1. The molecular formula is C21H21F2N3O. The van der Waals surface area contributed by atoms with Crippen LogP contribution in [0.15, 0.2) is 54.6 Å². The van der Waals surface area contributed by atoms with Crippen LogP contribution < -0.4 is 5.32 Å². The topological polar surface area (TPSA) is 46.9 Å². The maximum Gasteiger partial charge on any atom is 0.270 e. The fourth-order valence-electron chi connectivity index (χ4n) is 2.53. The van der Waals surface area contributed by atoms with Gasteiger partial charge in [-0.05, 0) is 67.4 Å². The third-order valence-corrected chi connectivity index (χ3v) is 4.51. The van der Waals surface area contributed by atoms with Crippen LogP contribution in [-0.2, 0) is 0 Å². The van der Waals surface area contributed by atoms with Gasteiger partial charge in [0.25, 0.3) is 5.91 Å². The van der Waals surface area contributed by atoms with Gasteiger partial charge in [0.15, 0.2) is 0 Å². The van der Waals surface area contributed by atoms with E-state index >= 15 is 0 Å². The van der Waals surface area contributed by atoms with Gasteiger partial charge in [-0.25, -0.2) is 13.5 Å². The molecule has 4 nitrogen and oxygen atoms in total. The fourth-order valence-corrected chi connectivity index (χ4v) is 2.53. The van der Waals surface area contributed by atoms with Crippen molar-refractivity contribution in [1.29, 1.82) is 0 Å². The number of halogens is 2. The van der Waals surface area contributed by atoms with Crippen molar-refractivity contribution in [2.75, 3.05) is 0 Å². The van der Waals surface area contributed by atoms with Crippen molar-refractivity contribution in [3.05, 3.63) is 71.9 Å². The average molecular weight is 369 g/mol. The molecule has 1 heterocycles. The number of benzene rings is 2. The van der Waals surface area contributed by atoms with E-state index in [2.05, 4.69) is 10.4 Å². The summed E-state index contributed by atoms with van der Waals surface area (Å²) in [5.74, 6) is -0.723. The summed E-state index contributed by atoms with van der Waals surface area (Å²) in [5.41, 5.74) is 2.10. The number of nitrogens with zero attached hydrogens (tertiary/aromatic N) is 2. The number of hydrogen-bond acceptors (Lipinski definition) is 2. The van der Waals surface area contributed by atoms with Crippen molar-refractivity contribution >= 4 is 5.91 Å². The molecule has 1 amide bonds. The van der Waals surface area contributed by atoms with Gasteiger partial charge in [-0.1, -0.05) is 13.8 Å². The molecule has 0 spiro atoms. The largest absolute Gasteiger partial charge is 0.348 e. The molecule has 2 aromatic carbocycles. The van der Waals surface area contributed by atoms with Gasteiger partial charge in [-0.3, -0.25) is 4.79 Å². The second-order valence-corrected chi connectivity index (χ2v) is 6.82. The minimum atomic E-state index is -0.371. The Kier molecular flexibility index (Phi) is 5.35. The summed E-state index contributed by atoms with van der Waals surface area (Å²) in [7, 11) is 0. The Morgan fingerprint density at radius 3 is 2.07 bits per heavy atom. The van der Waals surface area contributed by atoms with E-state index in [1.165, 1.54) is 28.9 Å².